The second-order valence-corrected chi connectivity index (χ2v) is 11.4. The number of carboxylic acid groups (broad SMARTS) is 3. The van der Waals surface area contributed by atoms with Crippen molar-refractivity contribution in [1.29, 1.82) is 0 Å². The van der Waals surface area contributed by atoms with E-state index in [1.54, 1.807) is 0 Å². The molecule has 0 aliphatic rings. The lowest BCUT2D eigenvalue weighted by molar-refractivity contribution is -0.157. The van der Waals surface area contributed by atoms with Crippen LogP contribution < -0.4 is 0 Å². The third-order valence-electron chi connectivity index (χ3n) is 7.77. The Hall–Kier alpha value is -1.59. The Morgan fingerprint density at radius 3 is 1.00 bits per heavy atom. The van der Waals surface area contributed by atoms with Crippen LogP contribution in [0.5, 0.6) is 0 Å². The number of unbranched alkanes of at least 4 members (excludes halogenated alkanes) is 15. The summed E-state index contributed by atoms with van der Waals surface area (Å²) >= 11 is 0. The molecule has 0 aliphatic heterocycles. The molecule has 0 aliphatic carbocycles. The minimum atomic E-state index is -1.24. The molecule has 0 aromatic heterocycles. The highest BCUT2D eigenvalue weighted by Crippen LogP contribution is 2.27. The fourth-order valence-electron chi connectivity index (χ4n) is 5.21. The Morgan fingerprint density at radius 2 is 0.692 bits per heavy atom. The first-order valence-corrected chi connectivity index (χ1v) is 16.4. The van der Waals surface area contributed by atoms with Gasteiger partial charge >= 0.3 is 17.9 Å². The van der Waals surface area contributed by atoms with E-state index in [4.69, 9.17) is 5.11 Å². The van der Waals surface area contributed by atoms with Crippen LogP contribution in [0.4, 0.5) is 0 Å². The number of hydrogen-bond acceptors (Lipinski definition) is 3. The highest BCUT2D eigenvalue weighted by atomic mass is 16.4. The molecule has 6 nitrogen and oxygen atoms in total. The maximum atomic E-state index is 11.3. The molecule has 232 valence electrons. The third kappa shape index (κ3) is 25.1. The zero-order chi connectivity index (χ0) is 29.7. The van der Waals surface area contributed by atoms with E-state index >= 15 is 0 Å². The first kappa shape index (κ1) is 39.6. The van der Waals surface area contributed by atoms with Gasteiger partial charge in [0.15, 0.2) is 5.92 Å². The van der Waals surface area contributed by atoms with Crippen molar-refractivity contribution in [2.75, 3.05) is 0 Å². The van der Waals surface area contributed by atoms with Crippen LogP contribution >= 0.6 is 0 Å². The Balaban J connectivity index is 0. The molecule has 0 radical (unpaired) electrons. The first-order valence-electron chi connectivity index (χ1n) is 16.4. The predicted molar refractivity (Wildman–Crippen MR) is 162 cm³/mol. The van der Waals surface area contributed by atoms with E-state index < -0.39 is 23.8 Å². The molecule has 2 unspecified atom stereocenters. The monoisotopic (exact) mass is 556 g/mol. The van der Waals surface area contributed by atoms with Crippen molar-refractivity contribution in [3.63, 3.8) is 0 Å². The Bertz CT molecular complexity index is 563. The molecule has 0 fully saturated rings. The van der Waals surface area contributed by atoms with Crippen molar-refractivity contribution in [2.45, 2.75) is 175 Å². The van der Waals surface area contributed by atoms with Gasteiger partial charge in [0.05, 0.1) is 5.92 Å². The molecule has 0 aromatic rings. The normalized spacial score (nSPS) is 12.5. The smallest absolute Gasteiger partial charge is 0.318 e. The maximum Gasteiger partial charge on any atom is 0.318 e. The molecule has 0 heterocycles. The van der Waals surface area contributed by atoms with Crippen LogP contribution in [0.25, 0.3) is 0 Å². The summed E-state index contributed by atoms with van der Waals surface area (Å²) in [6.07, 6.45) is 25.1. The summed E-state index contributed by atoms with van der Waals surface area (Å²) < 4.78 is 0. The molecule has 0 saturated heterocycles. The van der Waals surface area contributed by atoms with Crippen molar-refractivity contribution in [2.24, 2.45) is 17.8 Å². The van der Waals surface area contributed by atoms with E-state index in [-0.39, 0.29) is 11.8 Å². The summed E-state index contributed by atoms with van der Waals surface area (Å²) in [4.78, 5) is 33.6. The van der Waals surface area contributed by atoms with Gasteiger partial charge in [-0.1, -0.05) is 150 Å². The lowest BCUT2D eigenvalue weighted by Gasteiger charge is -2.21. The second kappa shape index (κ2) is 29.4. The largest absolute Gasteiger partial charge is 0.481 e. The van der Waals surface area contributed by atoms with Gasteiger partial charge < -0.3 is 15.3 Å². The summed E-state index contributed by atoms with van der Waals surface area (Å²) in [5.41, 5.74) is 0. The molecule has 0 amide bonds. The lowest BCUT2D eigenvalue weighted by Crippen LogP contribution is -2.31. The summed E-state index contributed by atoms with van der Waals surface area (Å²) in [6.45, 7) is 8.69. The van der Waals surface area contributed by atoms with Gasteiger partial charge in [-0.25, -0.2) is 0 Å². The lowest BCUT2D eigenvalue weighted by atomic mass is 9.83. The molecule has 0 bridgehead atoms. The maximum absolute atomic E-state index is 11.3. The van der Waals surface area contributed by atoms with E-state index in [2.05, 4.69) is 27.7 Å². The second-order valence-electron chi connectivity index (χ2n) is 11.4. The molecule has 0 aromatic carbocycles. The van der Waals surface area contributed by atoms with Crippen LogP contribution in [0.2, 0.25) is 0 Å². The fraction of sp³-hybridized carbons (Fsp3) is 0.909. The standard InChI is InChI=1S/C18H34O4.C15H30O2/c1-3-5-7-9-10-12-14-15(13-11-8-6-4-2)16(17(19)20)18(21)22;1-3-5-7-9-11-13-14(15(16)17)12-10-8-6-4-2/h15-16H,3-14H2,1-2H3,(H,19,20)(H,21,22);14H,3-13H2,1-2H3,(H,16,17). The molecular formula is C33H64O6. The van der Waals surface area contributed by atoms with Crippen molar-refractivity contribution in [3.8, 4) is 0 Å². The highest BCUT2D eigenvalue weighted by molar-refractivity contribution is 5.93. The number of carboxylic acids is 3. The zero-order valence-electron chi connectivity index (χ0n) is 26.1. The van der Waals surface area contributed by atoms with Gasteiger partial charge in [-0.2, -0.15) is 0 Å². The molecule has 0 saturated carbocycles. The fourth-order valence-corrected chi connectivity index (χ4v) is 5.21. The van der Waals surface area contributed by atoms with Crippen molar-refractivity contribution in [1.82, 2.24) is 0 Å². The molecule has 39 heavy (non-hydrogen) atoms. The van der Waals surface area contributed by atoms with E-state index in [0.29, 0.717) is 0 Å². The molecule has 0 spiro atoms. The van der Waals surface area contributed by atoms with Gasteiger partial charge in [-0.05, 0) is 31.6 Å². The Kier molecular flexibility index (Phi) is 29.8. The van der Waals surface area contributed by atoms with Gasteiger partial charge in [0.25, 0.3) is 0 Å². The van der Waals surface area contributed by atoms with Gasteiger partial charge in [0, 0.05) is 0 Å². The van der Waals surface area contributed by atoms with Crippen molar-refractivity contribution in [3.05, 3.63) is 0 Å². The average molecular weight is 557 g/mol. The van der Waals surface area contributed by atoms with Gasteiger partial charge in [0.1, 0.15) is 0 Å². The molecule has 0 rings (SSSR count). The number of aliphatic carboxylic acids is 3. The minimum Gasteiger partial charge on any atom is -0.481 e. The predicted octanol–water partition coefficient (Wildman–Crippen LogP) is 10.1. The number of carbonyl (C=O) groups is 3. The first-order chi connectivity index (χ1) is 18.8. The number of rotatable bonds is 27. The topological polar surface area (TPSA) is 112 Å². The van der Waals surface area contributed by atoms with Crippen LogP contribution in [-0.2, 0) is 14.4 Å². The van der Waals surface area contributed by atoms with E-state index in [9.17, 15) is 24.6 Å². The van der Waals surface area contributed by atoms with Crippen molar-refractivity contribution >= 4 is 17.9 Å². The van der Waals surface area contributed by atoms with E-state index in [0.717, 1.165) is 77.0 Å². The van der Waals surface area contributed by atoms with Gasteiger partial charge in [-0.15, -0.1) is 0 Å². The summed E-state index contributed by atoms with van der Waals surface area (Å²) in [7, 11) is 0. The zero-order valence-corrected chi connectivity index (χ0v) is 26.1. The van der Waals surface area contributed by atoms with E-state index in [1.165, 1.54) is 70.6 Å². The third-order valence-corrected chi connectivity index (χ3v) is 7.77. The molecular weight excluding hydrogens is 492 g/mol. The minimum absolute atomic E-state index is 0.0894. The summed E-state index contributed by atoms with van der Waals surface area (Å²) in [5.74, 6) is -4.50. The summed E-state index contributed by atoms with van der Waals surface area (Å²) in [5, 5.41) is 27.5. The highest BCUT2D eigenvalue weighted by Gasteiger charge is 2.33. The van der Waals surface area contributed by atoms with Crippen LogP contribution in [0.1, 0.15) is 175 Å². The SMILES string of the molecule is CCCCCCCC(CCCCCC)C(=O)O.CCCCCCCCC(CCCCCC)C(C(=O)O)C(=O)O. The van der Waals surface area contributed by atoms with Crippen molar-refractivity contribution < 1.29 is 29.7 Å². The van der Waals surface area contributed by atoms with Gasteiger partial charge in [-0.3, -0.25) is 14.4 Å². The van der Waals surface area contributed by atoms with Crippen LogP contribution in [-0.4, -0.2) is 33.2 Å². The molecule has 6 heteroatoms. The molecule has 3 N–H and O–H groups in total. The average Bonchev–Trinajstić information content (AvgIpc) is 2.89. The molecule has 2 atom stereocenters. The Morgan fingerprint density at radius 1 is 0.410 bits per heavy atom. The Labute approximate surface area is 240 Å². The van der Waals surface area contributed by atoms with Crippen LogP contribution in [0.3, 0.4) is 0 Å². The summed E-state index contributed by atoms with van der Waals surface area (Å²) in [6, 6.07) is 0. The quantitative estimate of drug-likeness (QED) is 0.0685. The van der Waals surface area contributed by atoms with Crippen LogP contribution in [0.15, 0.2) is 0 Å². The van der Waals surface area contributed by atoms with E-state index in [1.807, 2.05) is 0 Å². The van der Waals surface area contributed by atoms with Gasteiger partial charge in [0.2, 0.25) is 0 Å². The van der Waals surface area contributed by atoms with Crippen LogP contribution in [0, 0.1) is 17.8 Å². The number of hydrogen-bond donors (Lipinski definition) is 3.